The molecule has 1 aromatic rings. The van der Waals surface area contributed by atoms with Crippen LogP contribution < -0.4 is 9.47 Å². The van der Waals surface area contributed by atoms with Crippen molar-refractivity contribution in [3.8, 4) is 11.5 Å². The predicted octanol–water partition coefficient (Wildman–Crippen LogP) is 2.97. The van der Waals surface area contributed by atoms with Crippen molar-refractivity contribution in [1.29, 1.82) is 0 Å². The van der Waals surface area contributed by atoms with Gasteiger partial charge in [0.1, 0.15) is 18.1 Å². The zero-order valence-corrected chi connectivity index (χ0v) is 11.2. The predicted molar refractivity (Wildman–Crippen MR) is 71.6 cm³/mol. The van der Waals surface area contributed by atoms with Crippen LogP contribution in [-0.4, -0.2) is 24.8 Å². The Kier molecular flexibility index (Phi) is 4.66. The maximum Gasteiger partial charge on any atom is 0.310 e. The summed E-state index contributed by atoms with van der Waals surface area (Å²) in [6, 6.07) is 7.25. The molecule has 1 aromatic carbocycles. The van der Waals surface area contributed by atoms with E-state index in [-0.39, 0.29) is 12.5 Å². The third-order valence-electron chi connectivity index (χ3n) is 3.76. The summed E-state index contributed by atoms with van der Waals surface area (Å²) < 4.78 is 10.7. The molecule has 0 aliphatic heterocycles. The maximum atomic E-state index is 11.3. The van der Waals surface area contributed by atoms with E-state index in [4.69, 9.17) is 9.47 Å². The van der Waals surface area contributed by atoms with Gasteiger partial charge < -0.3 is 14.6 Å². The molecule has 0 heterocycles. The zero-order chi connectivity index (χ0) is 13.7. The van der Waals surface area contributed by atoms with Gasteiger partial charge in [-0.2, -0.15) is 0 Å². The van der Waals surface area contributed by atoms with Crippen LogP contribution in [0.1, 0.15) is 25.7 Å². The van der Waals surface area contributed by atoms with Crippen molar-refractivity contribution in [2.45, 2.75) is 25.7 Å². The quantitative estimate of drug-likeness (QED) is 0.858. The second-order valence-electron chi connectivity index (χ2n) is 4.98. The van der Waals surface area contributed by atoms with E-state index in [9.17, 15) is 9.90 Å². The minimum Gasteiger partial charge on any atom is -0.497 e. The fourth-order valence-electron chi connectivity index (χ4n) is 2.65. The molecule has 19 heavy (non-hydrogen) atoms. The van der Waals surface area contributed by atoms with Crippen LogP contribution in [0.4, 0.5) is 0 Å². The molecular weight excluding hydrogens is 244 g/mol. The first-order valence-electron chi connectivity index (χ1n) is 6.70. The molecule has 4 nitrogen and oxygen atoms in total. The molecule has 1 aliphatic rings. The normalized spacial score (nSPS) is 17.1. The number of hydrogen-bond acceptors (Lipinski definition) is 3. The lowest BCUT2D eigenvalue weighted by atomic mass is 9.92. The Hall–Kier alpha value is -1.71. The molecule has 1 fully saturated rings. The number of carboxylic acids is 1. The number of carbonyl (C=O) groups is 1. The second kappa shape index (κ2) is 6.45. The molecule has 4 heteroatoms. The standard InChI is InChI=1S/C15H20O4/c1-18-12-7-4-8-13(9-12)19-10-14(15(16)17)11-5-2-3-6-11/h4,7-9,11,14H,2-3,5-6,10H2,1H3,(H,16,17). The fourth-order valence-corrected chi connectivity index (χ4v) is 2.65. The molecule has 0 radical (unpaired) electrons. The lowest BCUT2D eigenvalue weighted by Gasteiger charge is -2.19. The molecule has 0 saturated heterocycles. The van der Waals surface area contributed by atoms with Crippen molar-refractivity contribution in [3.05, 3.63) is 24.3 Å². The molecule has 1 N–H and O–H groups in total. The van der Waals surface area contributed by atoms with Crippen molar-refractivity contribution in [3.63, 3.8) is 0 Å². The third-order valence-corrected chi connectivity index (χ3v) is 3.76. The van der Waals surface area contributed by atoms with Gasteiger partial charge >= 0.3 is 5.97 Å². The van der Waals surface area contributed by atoms with E-state index in [1.54, 1.807) is 13.2 Å². The second-order valence-corrected chi connectivity index (χ2v) is 4.98. The van der Waals surface area contributed by atoms with E-state index >= 15 is 0 Å². The average molecular weight is 264 g/mol. The van der Waals surface area contributed by atoms with Crippen molar-refractivity contribution in [1.82, 2.24) is 0 Å². The molecule has 1 atom stereocenters. The Balaban J connectivity index is 1.96. The van der Waals surface area contributed by atoms with E-state index < -0.39 is 11.9 Å². The van der Waals surface area contributed by atoms with Crippen LogP contribution in [0.5, 0.6) is 11.5 Å². The maximum absolute atomic E-state index is 11.3. The van der Waals surface area contributed by atoms with E-state index in [0.29, 0.717) is 11.5 Å². The number of rotatable bonds is 6. The summed E-state index contributed by atoms with van der Waals surface area (Å²) in [6.07, 6.45) is 4.26. The molecule has 0 aromatic heterocycles. The molecular formula is C15H20O4. The summed E-state index contributed by atoms with van der Waals surface area (Å²) in [6.45, 7) is 0.229. The molecule has 0 amide bonds. The van der Waals surface area contributed by atoms with Gasteiger partial charge in [0.2, 0.25) is 0 Å². The topological polar surface area (TPSA) is 55.8 Å². The van der Waals surface area contributed by atoms with Gasteiger partial charge in [0, 0.05) is 6.07 Å². The Bertz CT molecular complexity index is 424. The van der Waals surface area contributed by atoms with Gasteiger partial charge in [0.05, 0.1) is 13.0 Å². The van der Waals surface area contributed by atoms with Crippen LogP contribution in [0.3, 0.4) is 0 Å². The Labute approximate surface area is 113 Å². The van der Waals surface area contributed by atoms with E-state index in [2.05, 4.69) is 0 Å². The summed E-state index contributed by atoms with van der Waals surface area (Å²) in [5.41, 5.74) is 0. The third kappa shape index (κ3) is 3.63. The summed E-state index contributed by atoms with van der Waals surface area (Å²) in [4.78, 5) is 11.3. The molecule has 0 spiro atoms. The van der Waals surface area contributed by atoms with Crippen LogP contribution in [0, 0.1) is 11.8 Å². The first-order chi connectivity index (χ1) is 9.20. The highest BCUT2D eigenvalue weighted by atomic mass is 16.5. The number of hydrogen-bond donors (Lipinski definition) is 1. The highest BCUT2D eigenvalue weighted by Gasteiger charge is 2.31. The smallest absolute Gasteiger partial charge is 0.310 e. The van der Waals surface area contributed by atoms with Crippen molar-refractivity contribution in [2.24, 2.45) is 11.8 Å². The monoisotopic (exact) mass is 264 g/mol. The number of ether oxygens (including phenoxy) is 2. The highest BCUT2D eigenvalue weighted by molar-refractivity contribution is 5.70. The van der Waals surface area contributed by atoms with Gasteiger partial charge in [-0.05, 0) is 30.9 Å². The number of aliphatic carboxylic acids is 1. The van der Waals surface area contributed by atoms with Crippen LogP contribution in [0.15, 0.2) is 24.3 Å². The molecule has 104 valence electrons. The number of methoxy groups -OCH3 is 1. The Morgan fingerprint density at radius 1 is 1.37 bits per heavy atom. The van der Waals surface area contributed by atoms with Gasteiger partial charge in [-0.25, -0.2) is 0 Å². The molecule has 1 saturated carbocycles. The van der Waals surface area contributed by atoms with Crippen molar-refractivity contribution >= 4 is 5.97 Å². The summed E-state index contributed by atoms with van der Waals surface area (Å²) in [5.74, 6) is 0.459. The average Bonchev–Trinajstić information content (AvgIpc) is 2.93. The lowest BCUT2D eigenvalue weighted by molar-refractivity contribution is -0.144. The first kappa shape index (κ1) is 13.7. The Morgan fingerprint density at radius 2 is 2.05 bits per heavy atom. The molecule has 1 unspecified atom stereocenters. The first-order valence-corrected chi connectivity index (χ1v) is 6.70. The minimum atomic E-state index is -0.755. The van der Waals surface area contributed by atoms with Crippen LogP contribution in [0.25, 0.3) is 0 Å². The summed E-state index contributed by atoms with van der Waals surface area (Å²) >= 11 is 0. The fraction of sp³-hybridized carbons (Fsp3) is 0.533. The van der Waals surface area contributed by atoms with E-state index in [1.165, 1.54) is 0 Å². The molecule has 1 aliphatic carbocycles. The number of benzene rings is 1. The lowest BCUT2D eigenvalue weighted by Crippen LogP contribution is -2.28. The van der Waals surface area contributed by atoms with Crippen LogP contribution >= 0.6 is 0 Å². The van der Waals surface area contributed by atoms with Crippen molar-refractivity contribution in [2.75, 3.05) is 13.7 Å². The van der Waals surface area contributed by atoms with E-state index in [0.717, 1.165) is 25.7 Å². The van der Waals surface area contributed by atoms with Crippen LogP contribution in [-0.2, 0) is 4.79 Å². The van der Waals surface area contributed by atoms with Crippen LogP contribution in [0.2, 0.25) is 0 Å². The Morgan fingerprint density at radius 3 is 2.68 bits per heavy atom. The van der Waals surface area contributed by atoms with Gasteiger partial charge in [-0.3, -0.25) is 4.79 Å². The van der Waals surface area contributed by atoms with Gasteiger partial charge in [-0.1, -0.05) is 18.9 Å². The zero-order valence-electron chi connectivity index (χ0n) is 11.2. The largest absolute Gasteiger partial charge is 0.497 e. The number of carboxylic acid groups (broad SMARTS) is 1. The van der Waals surface area contributed by atoms with Gasteiger partial charge in [-0.15, -0.1) is 0 Å². The molecule has 0 bridgehead atoms. The highest BCUT2D eigenvalue weighted by Crippen LogP contribution is 2.32. The van der Waals surface area contributed by atoms with Gasteiger partial charge in [0.25, 0.3) is 0 Å². The summed E-state index contributed by atoms with van der Waals surface area (Å²) in [7, 11) is 1.59. The SMILES string of the molecule is COc1cccc(OCC(C(=O)O)C2CCCC2)c1. The van der Waals surface area contributed by atoms with Gasteiger partial charge in [0.15, 0.2) is 0 Å². The molecule has 2 rings (SSSR count). The van der Waals surface area contributed by atoms with Crippen molar-refractivity contribution < 1.29 is 19.4 Å². The van der Waals surface area contributed by atoms with E-state index in [1.807, 2.05) is 18.2 Å². The summed E-state index contributed by atoms with van der Waals surface area (Å²) in [5, 5.41) is 9.31. The minimum absolute atomic E-state index is 0.229.